The van der Waals surface area contributed by atoms with Gasteiger partial charge < -0.3 is 9.80 Å². The van der Waals surface area contributed by atoms with Crippen LogP contribution in [-0.2, 0) is 10.5 Å². The first-order valence-corrected chi connectivity index (χ1v) is 12.5. The van der Waals surface area contributed by atoms with Crippen molar-refractivity contribution in [3.8, 4) is 0 Å². The molecule has 0 saturated carbocycles. The zero-order chi connectivity index (χ0) is 22.3. The van der Waals surface area contributed by atoms with Crippen molar-refractivity contribution < 1.29 is 14.0 Å². The quantitative estimate of drug-likeness (QED) is 0.610. The molecule has 0 atom stereocenters. The Morgan fingerprint density at radius 2 is 1.62 bits per heavy atom. The minimum Gasteiger partial charge on any atom is -0.342 e. The van der Waals surface area contributed by atoms with Gasteiger partial charge in [0.2, 0.25) is 5.91 Å². The lowest BCUT2D eigenvalue weighted by molar-refractivity contribution is -0.136. The molecule has 4 rings (SSSR count). The molecule has 32 heavy (non-hydrogen) atoms. The fourth-order valence-corrected chi connectivity index (χ4v) is 5.39. The molecule has 0 unspecified atom stereocenters. The van der Waals surface area contributed by atoms with Gasteiger partial charge in [-0.15, -0.1) is 11.8 Å². The molecule has 7 heteroatoms. The van der Waals surface area contributed by atoms with Gasteiger partial charge in [-0.1, -0.05) is 25.0 Å². The van der Waals surface area contributed by atoms with Gasteiger partial charge in [-0.2, -0.15) is 0 Å². The number of carbonyl (C=O) groups is 2. The van der Waals surface area contributed by atoms with Gasteiger partial charge in [0.25, 0.3) is 5.91 Å². The molecule has 170 valence electrons. The van der Waals surface area contributed by atoms with Crippen LogP contribution in [0.1, 0.15) is 54.4 Å². The number of carbonyl (C=O) groups excluding carboxylic acids is 2. The first-order valence-electron chi connectivity index (χ1n) is 11.5. The molecule has 1 aromatic carbocycles. The largest absolute Gasteiger partial charge is 0.342 e. The van der Waals surface area contributed by atoms with E-state index in [9.17, 15) is 14.0 Å². The van der Waals surface area contributed by atoms with Gasteiger partial charge >= 0.3 is 0 Å². The van der Waals surface area contributed by atoms with Gasteiger partial charge in [0.1, 0.15) is 10.8 Å². The Bertz CT molecular complexity index is 921. The lowest BCUT2D eigenvalue weighted by Gasteiger charge is -2.34. The van der Waals surface area contributed by atoms with E-state index in [0.29, 0.717) is 29.4 Å². The molecule has 0 spiro atoms. The van der Waals surface area contributed by atoms with Crippen LogP contribution in [0.4, 0.5) is 4.39 Å². The van der Waals surface area contributed by atoms with Crippen molar-refractivity contribution >= 4 is 23.6 Å². The van der Waals surface area contributed by atoms with Crippen LogP contribution in [-0.4, -0.2) is 52.8 Å². The SMILES string of the molecule is O=C(c1cccnc1SCc1ccc(F)cc1)N1CCC(C(=O)N2CCCCCC2)CC1. The number of benzene rings is 1. The molecular weight excluding hydrogens is 425 g/mol. The van der Waals surface area contributed by atoms with E-state index in [1.165, 1.54) is 36.7 Å². The van der Waals surface area contributed by atoms with Crippen molar-refractivity contribution in [2.24, 2.45) is 5.92 Å². The maximum Gasteiger partial charge on any atom is 0.256 e. The third-order valence-electron chi connectivity index (χ3n) is 6.34. The Morgan fingerprint density at radius 1 is 0.938 bits per heavy atom. The lowest BCUT2D eigenvalue weighted by atomic mass is 9.94. The highest BCUT2D eigenvalue weighted by molar-refractivity contribution is 7.98. The van der Waals surface area contributed by atoms with Crippen molar-refractivity contribution in [3.05, 3.63) is 59.5 Å². The maximum atomic E-state index is 13.2. The van der Waals surface area contributed by atoms with Crippen LogP contribution in [0.15, 0.2) is 47.6 Å². The fourth-order valence-electron chi connectivity index (χ4n) is 4.45. The summed E-state index contributed by atoms with van der Waals surface area (Å²) in [5.74, 6) is 0.629. The second-order valence-corrected chi connectivity index (χ2v) is 9.54. The highest BCUT2D eigenvalue weighted by atomic mass is 32.2. The van der Waals surface area contributed by atoms with E-state index in [-0.39, 0.29) is 23.5 Å². The molecule has 5 nitrogen and oxygen atoms in total. The summed E-state index contributed by atoms with van der Waals surface area (Å²) < 4.78 is 13.1. The molecule has 3 heterocycles. The number of likely N-dealkylation sites (tertiary alicyclic amines) is 2. The Kier molecular flexibility index (Phi) is 7.79. The summed E-state index contributed by atoms with van der Waals surface area (Å²) in [5, 5.41) is 0.685. The smallest absolute Gasteiger partial charge is 0.256 e. The van der Waals surface area contributed by atoms with E-state index in [1.807, 2.05) is 15.9 Å². The third kappa shape index (κ3) is 5.68. The van der Waals surface area contributed by atoms with Crippen LogP contribution in [0.3, 0.4) is 0 Å². The van der Waals surface area contributed by atoms with E-state index >= 15 is 0 Å². The Balaban J connectivity index is 1.35. The van der Waals surface area contributed by atoms with Gasteiger partial charge in [0.15, 0.2) is 0 Å². The van der Waals surface area contributed by atoms with E-state index in [4.69, 9.17) is 0 Å². The molecule has 0 bridgehead atoms. The summed E-state index contributed by atoms with van der Waals surface area (Å²) >= 11 is 1.48. The van der Waals surface area contributed by atoms with Gasteiger partial charge in [-0.3, -0.25) is 9.59 Å². The molecule has 2 aliphatic heterocycles. The highest BCUT2D eigenvalue weighted by Crippen LogP contribution is 2.28. The Hall–Kier alpha value is -2.41. The zero-order valence-electron chi connectivity index (χ0n) is 18.3. The van der Waals surface area contributed by atoms with E-state index in [2.05, 4.69) is 4.98 Å². The molecule has 0 radical (unpaired) electrons. The van der Waals surface area contributed by atoms with Crippen LogP contribution < -0.4 is 0 Å². The summed E-state index contributed by atoms with van der Waals surface area (Å²) in [6, 6.07) is 9.98. The van der Waals surface area contributed by atoms with Crippen molar-refractivity contribution in [1.82, 2.24) is 14.8 Å². The number of hydrogen-bond acceptors (Lipinski definition) is 4. The number of piperidine rings is 1. The predicted octanol–water partition coefficient (Wildman–Crippen LogP) is 4.77. The van der Waals surface area contributed by atoms with E-state index in [1.54, 1.807) is 24.4 Å². The molecular formula is C25H30FN3O2S. The van der Waals surface area contributed by atoms with Gasteiger partial charge in [0, 0.05) is 44.0 Å². The third-order valence-corrected chi connectivity index (χ3v) is 7.42. The van der Waals surface area contributed by atoms with Gasteiger partial charge in [-0.05, 0) is 55.5 Å². The van der Waals surface area contributed by atoms with Crippen LogP contribution in [0.2, 0.25) is 0 Å². The van der Waals surface area contributed by atoms with Crippen LogP contribution in [0, 0.1) is 11.7 Å². The van der Waals surface area contributed by atoms with Crippen molar-refractivity contribution in [3.63, 3.8) is 0 Å². The Labute approximate surface area is 193 Å². The zero-order valence-corrected chi connectivity index (χ0v) is 19.2. The van der Waals surface area contributed by atoms with E-state index < -0.39 is 0 Å². The molecule has 2 aliphatic rings. The van der Waals surface area contributed by atoms with Crippen LogP contribution in [0.25, 0.3) is 0 Å². The summed E-state index contributed by atoms with van der Waals surface area (Å²) in [4.78, 5) is 34.5. The summed E-state index contributed by atoms with van der Waals surface area (Å²) in [6.07, 6.45) is 7.76. The number of halogens is 1. The summed E-state index contributed by atoms with van der Waals surface area (Å²) in [7, 11) is 0. The topological polar surface area (TPSA) is 53.5 Å². The maximum absolute atomic E-state index is 13.2. The standard InChI is InChI=1S/C25H30FN3O2S/c26-21-9-7-19(8-10-21)18-32-23-22(6-5-13-27-23)25(31)29-16-11-20(12-17-29)24(30)28-14-3-1-2-4-15-28/h5-10,13,20H,1-4,11-12,14-18H2. The Morgan fingerprint density at radius 3 is 2.31 bits per heavy atom. The predicted molar refractivity (Wildman–Crippen MR) is 124 cm³/mol. The minimum atomic E-state index is -0.259. The normalized spacial score (nSPS) is 17.8. The first kappa shape index (κ1) is 22.8. The number of amides is 2. The lowest BCUT2D eigenvalue weighted by Crippen LogP contribution is -2.44. The number of hydrogen-bond donors (Lipinski definition) is 0. The minimum absolute atomic E-state index is 0.0263. The monoisotopic (exact) mass is 455 g/mol. The fraction of sp³-hybridized carbons (Fsp3) is 0.480. The molecule has 0 N–H and O–H groups in total. The molecule has 2 amide bonds. The molecule has 2 aromatic rings. The molecule has 0 aliphatic carbocycles. The number of rotatable bonds is 5. The van der Waals surface area contributed by atoms with Gasteiger partial charge in [0.05, 0.1) is 5.56 Å². The second-order valence-electron chi connectivity index (χ2n) is 8.58. The number of nitrogens with zero attached hydrogens (tertiary/aromatic N) is 3. The van der Waals surface area contributed by atoms with Crippen molar-refractivity contribution in [1.29, 1.82) is 0 Å². The van der Waals surface area contributed by atoms with Crippen molar-refractivity contribution in [2.75, 3.05) is 26.2 Å². The van der Waals surface area contributed by atoms with Crippen molar-refractivity contribution in [2.45, 2.75) is 49.3 Å². The second kappa shape index (κ2) is 10.9. The number of thioether (sulfide) groups is 1. The summed E-state index contributed by atoms with van der Waals surface area (Å²) in [6.45, 7) is 2.95. The highest BCUT2D eigenvalue weighted by Gasteiger charge is 2.31. The first-order chi connectivity index (χ1) is 15.6. The molecule has 2 saturated heterocycles. The van der Waals surface area contributed by atoms with Crippen LogP contribution >= 0.6 is 11.8 Å². The molecule has 1 aromatic heterocycles. The number of aromatic nitrogens is 1. The number of pyridine rings is 1. The average Bonchev–Trinajstić information content (AvgIpc) is 3.13. The average molecular weight is 456 g/mol. The van der Waals surface area contributed by atoms with Crippen LogP contribution in [0.5, 0.6) is 0 Å². The van der Waals surface area contributed by atoms with E-state index in [0.717, 1.165) is 44.3 Å². The van der Waals surface area contributed by atoms with Gasteiger partial charge in [-0.25, -0.2) is 9.37 Å². The molecule has 2 fully saturated rings. The summed E-state index contributed by atoms with van der Waals surface area (Å²) in [5.41, 5.74) is 1.57.